The van der Waals surface area contributed by atoms with Gasteiger partial charge in [-0.15, -0.1) is 0 Å². The Bertz CT molecular complexity index is 993. The van der Waals surface area contributed by atoms with Gasteiger partial charge in [0.2, 0.25) is 0 Å². The molecule has 5 rings (SSSR count). The summed E-state index contributed by atoms with van der Waals surface area (Å²) in [6.07, 6.45) is 2.22. The third-order valence-electron chi connectivity index (χ3n) is 7.48. The van der Waals surface area contributed by atoms with Gasteiger partial charge in [-0.25, -0.2) is 0 Å². The van der Waals surface area contributed by atoms with Crippen molar-refractivity contribution in [3.05, 3.63) is 121 Å². The Kier molecular flexibility index (Phi) is 14.9. The van der Waals surface area contributed by atoms with Crippen LogP contribution in [0.5, 0.6) is 0 Å². The van der Waals surface area contributed by atoms with E-state index in [-0.39, 0.29) is 0 Å². The van der Waals surface area contributed by atoms with Crippen molar-refractivity contribution in [1.29, 1.82) is 0 Å². The van der Waals surface area contributed by atoms with Crippen molar-refractivity contribution in [2.24, 2.45) is 0 Å². The lowest BCUT2D eigenvalue weighted by Gasteiger charge is -2.35. The molecule has 0 N–H and O–H groups in total. The Labute approximate surface area is 256 Å². The summed E-state index contributed by atoms with van der Waals surface area (Å²) in [7, 11) is 0. The first kappa shape index (κ1) is 32.6. The number of hydrogen-bond acceptors (Lipinski definition) is 4. The molecule has 1 fully saturated rings. The average molecular weight is 565 g/mol. The first-order chi connectivity index (χ1) is 20.9. The monoisotopic (exact) mass is 564 g/mol. The zero-order valence-corrected chi connectivity index (χ0v) is 26.4. The summed E-state index contributed by atoms with van der Waals surface area (Å²) in [6, 6.07) is 43.7. The van der Waals surface area contributed by atoms with E-state index in [2.05, 4.69) is 141 Å². The van der Waals surface area contributed by atoms with Crippen LogP contribution in [0.1, 0.15) is 40.5 Å². The van der Waals surface area contributed by atoms with Crippen molar-refractivity contribution >= 4 is 22.7 Å². The van der Waals surface area contributed by atoms with Crippen LogP contribution in [0.2, 0.25) is 0 Å². The van der Waals surface area contributed by atoms with Gasteiger partial charge in [-0.1, -0.05) is 100 Å². The molecule has 0 saturated carbocycles. The minimum Gasteiger partial charge on any atom is -0.370 e. The Morgan fingerprint density at radius 2 is 0.476 bits per heavy atom. The second-order valence-electron chi connectivity index (χ2n) is 10.00. The molecule has 4 heteroatoms. The molecule has 1 aliphatic rings. The van der Waals surface area contributed by atoms with E-state index in [1.165, 1.54) is 22.7 Å². The smallest absolute Gasteiger partial charge is 0.0366 e. The lowest BCUT2D eigenvalue weighted by atomic mass is 10.2. The van der Waals surface area contributed by atoms with Crippen molar-refractivity contribution in [3.8, 4) is 0 Å². The summed E-state index contributed by atoms with van der Waals surface area (Å²) >= 11 is 0. The standard InChI is InChI=1S/C34H40N4.2C2H6/c1-5-15-31(16-6-1)35-23-13-24-37(33-19-9-3-10-20-33)29-30-38(34-21-11-4-12-22-34)26-14-25-36(28-27-35)32-17-7-2-8-18-32;2*1-2/h1-12,15-22H,13-14,23-30H2;2*1-2H3. The van der Waals surface area contributed by atoms with E-state index in [1.807, 2.05) is 27.7 Å². The molecular weight excluding hydrogens is 512 g/mol. The summed E-state index contributed by atoms with van der Waals surface area (Å²) in [6.45, 7) is 16.2. The zero-order valence-electron chi connectivity index (χ0n) is 26.4. The number of rotatable bonds is 4. The molecule has 1 saturated heterocycles. The summed E-state index contributed by atoms with van der Waals surface area (Å²) in [5.41, 5.74) is 5.26. The predicted octanol–water partition coefficient (Wildman–Crippen LogP) is 8.86. The van der Waals surface area contributed by atoms with E-state index in [0.29, 0.717) is 0 Å². The molecule has 42 heavy (non-hydrogen) atoms. The van der Waals surface area contributed by atoms with Gasteiger partial charge in [-0.2, -0.15) is 0 Å². The molecule has 224 valence electrons. The average Bonchev–Trinajstić information content (AvgIpc) is 3.09. The van der Waals surface area contributed by atoms with Crippen LogP contribution in [-0.2, 0) is 0 Å². The molecule has 1 aliphatic heterocycles. The predicted molar refractivity (Wildman–Crippen MR) is 187 cm³/mol. The van der Waals surface area contributed by atoms with E-state index in [1.54, 1.807) is 0 Å². The van der Waals surface area contributed by atoms with Gasteiger partial charge in [-0.05, 0) is 61.4 Å². The maximum absolute atomic E-state index is 2.57. The second-order valence-corrected chi connectivity index (χ2v) is 10.00. The summed E-state index contributed by atoms with van der Waals surface area (Å²) in [4.78, 5) is 10.3. The zero-order chi connectivity index (χ0) is 29.8. The number of hydrogen-bond donors (Lipinski definition) is 0. The largest absolute Gasteiger partial charge is 0.370 e. The highest BCUT2D eigenvalue weighted by Gasteiger charge is 2.16. The molecular formula is C38H52N4. The maximum atomic E-state index is 2.57. The lowest BCUT2D eigenvalue weighted by molar-refractivity contribution is 0.632. The van der Waals surface area contributed by atoms with Gasteiger partial charge in [0, 0.05) is 75.1 Å². The molecule has 1 heterocycles. The quantitative estimate of drug-likeness (QED) is 0.245. The Morgan fingerprint density at radius 1 is 0.286 bits per heavy atom. The fourth-order valence-electron chi connectivity index (χ4n) is 5.42. The highest BCUT2D eigenvalue weighted by Crippen LogP contribution is 2.21. The maximum Gasteiger partial charge on any atom is 0.0366 e. The third kappa shape index (κ3) is 10.2. The Balaban J connectivity index is 0.00000116. The molecule has 0 atom stereocenters. The summed E-state index contributed by atoms with van der Waals surface area (Å²) in [5, 5.41) is 0. The van der Waals surface area contributed by atoms with Crippen LogP contribution < -0.4 is 19.6 Å². The van der Waals surface area contributed by atoms with Gasteiger partial charge in [0.1, 0.15) is 0 Å². The third-order valence-corrected chi connectivity index (χ3v) is 7.48. The van der Waals surface area contributed by atoms with Gasteiger partial charge in [0.05, 0.1) is 0 Å². The van der Waals surface area contributed by atoms with E-state index >= 15 is 0 Å². The van der Waals surface area contributed by atoms with E-state index in [0.717, 1.165) is 65.2 Å². The fourth-order valence-corrected chi connectivity index (χ4v) is 5.42. The van der Waals surface area contributed by atoms with E-state index in [9.17, 15) is 0 Å². The Morgan fingerprint density at radius 3 is 0.667 bits per heavy atom. The van der Waals surface area contributed by atoms with Gasteiger partial charge >= 0.3 is 0 Å². The first-order valence-corrected chi connectivity index (χ1v) is 16.1. The Hall–Kier alpha value is -3.92. The molecule has 0 aromatic heterocycles. The van der Waals surface area contributed by atoms with Crippen molar-refractivity contribution < 1.29 is 0 Å². The molecule has 0 aliphatic carbocycles. The lowest BCUT2D eigenvalue weighted by Crippen LogP contribution is -2.41. The second kappa shape index (κ2) is 19.2. The molecule has 0 radical (unpaired) electrons. The molecule has 0 bridgehead atoms. The first-order valence-electron chi connectivity index (χ1n) is 16.1. The van der Waals surface area contributed by atoms with Crippen LogP contribution in [0.15, 0.2) is 121 Å². The summed E-state index contributed by atoms with van der Waals surface area (Å²) in [5.74, 6) is 0. The molecule has 0 spiro atoms. The van der Waals surface area contributed by atoms with E-state index < -0.39 is 0 Å². The SMILES string of the molecule is CC.CC.c1ccc(N2CCCN(c3ccccc3)CCN(c3ccccc3)CCCN(c3ccccc3)CC2)cc1. The number of para-hydroxylation sites is 4. The van der Waals surface area contributed by atoms with Crippen molar-refractivity contribution in [1.82, 2.24) is 0 Å². The number of anilines is 4. The van der Waals surface area contributed by atoms with Crippen LogP contribution in [0.25, 0.3) is 0 Å². The topological polar surface area (TPSA) is 13.0 Å². The van der Waals surface area contributed by atoms with Gasteiger partial charge in [0.25, 0.3) is 0 Å². The van der Waals surface area contributed by atoms with Crippen LogP contribution in [0, 0.1) is 0 Å². The number of benzene rings is 4. The molecule has 4 aromatic carbocycles. The minimum absolute atomic E-state index is 1.01. The molecule has 4 nitrogen and oxygen atoms in total. The molecule has 0 unspecified atom stereocenters. The molecule has 0 amide bonds. The van der Waals surface area contributed by atoms with Gasteiger partial charge < -0.3 is 19.6 Å². The van der Waals surface area contributed by atoms with Gasteiger partial charge in [0.15, 0.2) is 0 Å². The van der Waals surface area contributed by atoms with Crippen molar-refractivity contribution in [2.75, 3.05) is 72.0 Å². The van der Waals surface area contributed by atoms with Gasteiger partial charge in [-0.3, -0.25) is 0 Å². The fraction of sp³-hybridized carbons (Fsp3) is 0.368. The highest BCUT2D eigenvalue weighted by molar-refractivity contribution is 5.51. The van der Waals surface area contributed by atoms with Crippen LogP contribution in [0.3, 0.4) is 0 Å². The van der Waals surface area contributed by atoms with Crippen LogP contribution >= 0.6 is 0 Å². The normalized spacial score (nSPS) is 15.0. The number of nitrogens with zero attached hydrogens (tertiary/aromatic N) is 4. The van der Waals surface area contributed by atoms with Crippen LogP contribution in [0.4, 0.5) is 22.7 Å². The van der Waals surface area contributed by atoms with Crippen LogP contribution in [-0.4, -0.2) is 52.4 Å². The van der Waals surface area contributed by atoms with E-state index in [4.69, 9.17) is 0 Å². The van der Waals surface area contributed by atoms with Crippen molar-refractivity contribution in [3.63, 3.8) is 0 Å². The van der Waals surface area contributed by atoms with Crippen molar-refractivity contribution in [2.45, 2.75) is 40.5 Å². The molecule has 4 aromatic rings. The summed E-state index contributed by atoms with van der Waals surface area (Å²) < 4.78 is 0. The highest BCUT2D eigenvalue weighted by atomic mass is 15.2. The minimum atomic E-state index is 1.01.